The predicted molar refractivity (Wildman–Crippen MR) is 148 cm³/mol. The Kier molecular flexibility index (Phi) is 10.4. The summed E-state index contributed by atoms with van der Waals surface area (Å²) in [7, 11) is 0. The third-order valence-corrected chi connectivity index (χ3v) is 4.79. The molecule has 0 spiro atoms. The van der Waals surface area contributed by atoms with Crippen LogP contribution in [0.2, 0.25) is 0 Å². The van der Waals surface area contributed by atoms with Gasteiger partial charge in [-0.05, 0) is 64.1 Å². The van der Waals surface area contributed by atoms with Gasteiger partial charge in [0.25, 0.3) is 0 Å². The Balaban J connectivity index is 2.47. The highest BCUT2D eigenvalue weighted by Gasteiger charge is 2.16. The van der Waals surface area contributed by atoms with Crippen LogP contribution in [0.5, 0.6) is 23.0 Å². The van der Waals surface area contributed by atoms with E-state index in [1.54, 1.807) is 0 Å². The van der Waals surface area contributed by atoms with Gasteiger partial charge in [0.05, 0.1) is 0 Å². The van der Waals surface area contributed by atoms with E-state index in [0.29, 0.717) is 0 Å². The summed E-state index contributed by atoms with van der Waals surface area (Å²) in [5, 5.41) is 0. The number of rotatable bonds is 11. The molecule has 9 nitrogen and oxygen atoms in total. The van der Waals surface area contributed by atoms with Crippen molar-refractivity contribution in [1.29, 1.82) is 0 Å². The van der Waals surface area contributed by atoms with E-state index in [9.17, 15) is 24.0 Å². The van der Waals surface area contributed by atoms with Crippen molar-refractivity contribution in [1.82, 2.24) is 0 Å². The van der Waals surface area contributed by atoms with Gasteiger partial charge in [0.15, 0.2) is 5.78 Å². The second-order valence-corrected chi connectivity index (χ2v) is 8.77. The first-order valence-corrected chi connectivity index (χ1v) is 11.7. The van der Waals surface area contributed by atoms with Gasteiger partial charge in [-0.1, -0.05) is 26.3 Å². The van der Waals surface area contributed by atoms with E-state index in [-0.39, 0.29) is 56.4 Å². The molecule has 0 aromatic heterocycles. The summed E-state index contributed by atoms with van der Waals surface area (Å²) >= 11 is 0. The maximum atomic E-state index is 13.1. The van der Waals surface area contributed by atoms with Gasteiger partial charge >= 0.3 is 23.9 Å². The van der Waals surface area contributed by atoms with E-state index in [0.717, 1.165) is 6.08 Å². The standard InChI is InChI=1S/C31H28O9/c1-17(2)28(33)37-23-11-9-21(27(16-23)40-31(36)20(7)8)10-12-26(32)22-13-24(38-29(34)18(3)4)15-25(14-22)39-30(35)19(5)6/h9-16H,1,3,5,7H2,2,4,6,8H3. The molecule has 0 N–H and O–H groups in total. The van der Waals surface area contributed by atoms with E-state index in [1.165, 1.54) is 70.2 Å². The molecule has 0 fully saturated rings. The van der Waals surface area contributed by atoms with E-state index < -0.39 is 29.7 Å². The molecule has 2 aromatic rings. The van der Waals surface area contributed by atoms with Crippen LogP contribution in [0.15, 0.2) is 91.1 Å². The molecule has 0 saturated carbocycles. The van der Waals surface area contributed by atoms with Crippen molar-refractivity contribution in [2.75, 3.05) is 0 Å². The molecule has 0 aliphatic rings. The average molecular weight is 545 g/mol. The van der Waals surface area contributed by atoms with Crippen LogP contribution in [0.25, 0.3) is 6.08 Å². The molecule has 0 saturated heterocycles. The summed E-state index contributed by atoms with van der Waals surface area (Å²) in [5.41, 5.74) is 0.822. The van der Waals surface area contributed by atoms with Crippen molar-refractivity contribution in [3.63, 3.8) is 0 Å². The summed E-state index contributed by atoms with van der Waals surface area (Å²) < 4.78 is 21.0. The van der Waals surface area contributed by atoms with Gasteiger partial charge in [0, 0.05) is 45.6 Å². The summed E-state index contributed by atoms with van der Waals surface area (Å²) in [6.45, 7) is 19.9. The number of benzene rings is 2. The molecule has 0 atom stereocenters. The SMILES string of the molecule is C=C(C)C(=O)Oc1cc(OC(=O)C(=C)C)cc(C(=O)C=Cc2ccc(OC(=O)C(=C)C)cc2OC(=O)C(=C)C)c1. The molecule has 0 heterocycles. The fourth-order valence-corrected chi connectivity index (χ4v) is 2.67. The molecule has 0 radical (unpaired) electrons. The lowest BCUT2D eigenvalue weighted by Gasteiger charge is -2.11. The fourth-order valence-electron chi connectivity index (χ4n) is 2.67. The number of carbonyl (C=O) groups excluding carboxylic acids is 5. The number of ketones is 1. The van der Waals surface area contributed by atoms with Crippen LogP contribution in [0, 0.1) is 0 Å². The van der Waals surface area contributed by atoms with Crippen LogP contribution in [0.3, 0.4) is 0 Å². The lowest BCUT2D eigenvalue weighted by Crippen LogP contribution is -2.11. The van der Waals surface area contributed by atoms with Gasteiger partial charge in [0.1, 0.15) is 23.0 Å². The maximum Gasteiger partial charge on any atom is 0.338 e. The molecule has 0 aliphatic heterocycles. The quantitative estimate of drug-likeness (QED) is 0.156. The molecule has 2 aromatic carbocycles. The first-order valence-electron chi connectivity index (χ1n) is 11.7. The minimum Gasteiger partial charge on any atom is -0.423 e. The van der Waals surface area contributed by atoms with Crippen molar-refractivity contribution >= 4 is 35.7 Å². The van der Waals surface area contributed by atoms with Crippen LogP contribution >= 0.6 is 0 Å². The van der Waals surface area contributed by atoms with Crippen LogP contribution in [-0.4, -0.2) is 29.7 Å². The molecular weight excluding hydrogens is 516 g/mol. The van der Waals surface area contributed by atoms with E-state index in [4.69, 9.17) is 18.9 Å². The minimum atomic E-state index is -0.742. The van der Waals surface area contributed by atoms with E-state index in [1.807, 2.05) is 0 Å². The Morgan fingerprint density at radius 2 is 1.00 bits per heavy atom. The van der Waals surface area contributed by atoms with E-state index >= 15 is 0 Å². The fraction of sp³-hybridized carbons (Fsp3) is 0.129. The number of hydrogen-bond donors (Lipinski definition) is 0. The molecule has 0 aliphatic carbocycles. The van der Waals surface area contributed by atoms with Crippen LogP contribution in [0.4, 0.5) is 0 Å². The molecule has 0 amide bonds. The monoisotopic (exact) mass is 544 g/mol. The van der Waals surface area contributed by atoms with Gasteiger partial charge in [0.2, 0.25) is 0 Å². The van der Waals surface area contributed by atoms with Crippen LogP contribution in [0.1, 0.15) is 43.6 Å². The van der Waals surface area contributed by atoms with Crippen molar-refractivity contribution in [2.24, 2.45) is 0 Å². The Morgan fingerprint density at radius 1 is 0.575 bits per heavy atom. The third-order valence-electron chi connectivity index (χ3n) is 4.79. The lowest BCUT2D eigenvalue weighted by molar-refractivity contribution is -0.131. The van der Waals surface area contributed by atoms with Crippen molar-refractivity contribution in [3.05, 3.63) is 102 Å². The molecule has 2 rings (SSSR count). The van der Waals surface area contributed by atoms with Crippen molar-refractivity contribution in [3.8, 4) is 23.0 Å². The topological polar surface area (TPSA) is 122 Å². The molecule has 0 bridgehead atoms. The average Bonchev–Trinajstić information content (AvgIpc) is 2.87. The Morgan fingerprint density at radius 3 is 1.45 bits per heavy atom. The summed E-state index contributed by atoms with van der Waals surface area (Å²) in [4.78, 5) is 61.2. The first-order chi connectivity index (χ1) is 18.7. The van der Waals surface area contributed by atoms with Crippen molar-refractivity contribution < 1.29 is 42.9 Å². The van der Waals surface area contributed by atoms with E-state index in [2.05, 4.69) is 26.3 Å². The highest BCUT2D eigenvalue weighted by atomic mass is 16.6. The van der Waals surface area contributed by atoms with Crippen LogP contribution < -0.4 is 18.9 Å². The van der Waals surface area contributed by atoms with Gasteiger partial charge in [-0.25, -0.2) is 19.2 Å². The number of carbonyl (C=O) groups is 5. The molecule has 9 heteroatoms. The largest absolute Gasteiger partial charge is 0.423 e. The number of ether oxygens (including phenoxy) is 4. The summed E-state index contributed by atoms with van der Waals surface area (Å²) in [5.74, 6) is -3.51. The number of hydrogen-bond acceptors (Lipinski definition) is 9. The summed E-state index contributed by atoms with van der Waals surface area (Å²) in [6.07, 6.45) is 2.52. The zero-order valence-electron chi connectivity index (χ0n) is 22.6. The number of esters is 4. The van der Waals surface area contributed by atoms with Gasteiger partial charge < -0.3 is 18.9 Å². The second-order valence-electron chi connectivity index (χ2n) is 8.77. The van der Waals surface area contributed by atoms with Gasteiger partial charge in [-0.2, -0.15) is 0 Å². The maximum absolute atomic E-state index is 13.1. The minimum absolute atomic E-state index is 0.00992. The second kappa shape index (κ2) is 13.5. The lowest BCUT2D eigenvalue weighted by atomic mass is 10.1. The molecule has 0 unspecified atom stereocenters. The zero-order valence-corrected chi connectivity index (χ0v) is 22.6. The zero-order chi connectivity index (χ0) is 30.1. The van der Waals surface area contributed by atoms with Crippen LogP contribution in [-0.2, 0) is 19.2 Å². The van der Waals surface area contributed by atoms with Gasteiger partial charge in [-0.3, -0.25) is 4.79 Å². The Labute approximate surface area is 231 Å². The molecule has 206 valence electrons. The number of allylic oxidation sites excluding steroid dienone is 1. The molecular formula is C31H28O9. The molecule has 40 heavy (non-hydrogen) atoms. The smallest absolute Gasteiger partial charge is 0.338 e. The highest BCUT2D eigenvalue weighted by Crippen LogP contribution is 2.29. The predicted octanol–water partition coefficient (Wildman–Crippen LogP) is 5.51. The Bertz CT molecular complexity index is 1440. The Hall–Kier alpha value is -5.31. The summed E-state index contributed by atoms with van der Waals surface area (Å²) in [6, 6.07) is 8.05. The highest BCUT2D eigenvalue weighted by molar-refractivity contribution is 6.08. The normalized spacial score (nSPS) is 10.3. The third kappa shape index (κ3) is 8.91. The van der Waals surface area contributed by atoms with Crippen molar-refractivity contribution in [2.45, 2.75) is 27.7 Å². The van der Waals surface area contributed by atoms with Gasteiger partial charge in [-0.15, -0.1) is 0 Å². The first kappa shape index (κ1) is 30.9.